The molecule has 1 N–H and O–H groups in total. The van der Waals surface area contributed by atoms with Gasteiger partial charge in [-0.05, 0) is 24.8 Å². The first-order chi connectivity index (χ1) is 5.74. The smallest absolute Gasteiger partial charge is 0.0784 e. The predicted molar refractivity (Wildman–Crippen MR) is 49.5 cm³/mol. The highest BCUT2D eigenvalue weighted by atomic mass is 35.5. The molecule has 1 rings (SSSR count). The second kappa shape index (κ2) is 4.85. The number of hydrogen-bond donors (Lipinski definition) is 1. The molecule has 1 aliphatic carbocycles. The van der Waals surface area contributed by atoms with Crippen LogP contribution in [0.5, 0.6) is 0 Å². The zero-order valence-electron chi connectivity index (χ0n) is 7.13. The molecule has 2 atom stereocenters. The van der Waals surface area contributed by atoms with Crippen LogP contribution >= 0.6 is 11.6 Å². The van der Waals surface area contributed by atoms with Gasteiger partial charge in [0.25, 0.3) is 0 Å². The molecule has 1 saturated carbocycles. The quantitative estimate of drug-likeness (QED) is 0.543. The number of rotatable bonds is 3. The van der Waals surface area contributed by atoms with Gasteiger partial charge in [0.15, 0.2) is 0 Å². The summed E-state index contributed by atoms with van der Waals surface area (Å²) in [4.78, 5) is 0. The van der Waals surface area contributed by atoms with Gasteiger partial charge in [0.1, 0.15) is 0 Å². The molecule has 1 aliphatic rings. The molecule has 0 bridgehead atoms. The van der Waals surface area contributed by atoms with Crippen molar-refractivity contribution >= 4 is 11.6 Å². The van der Waals surface area contributed by atoms with Crippen LogP contribution in [-0.4, -0.2) is 29.8 Å². The van der Waals surface area contributed by atoms with E-state index in [1.807, 2.05) is 0 Å². The van der Waals surface area contributed by atoms with Crippen molar-refractivity contribution in [3.63, 3.8) is 0 Å². The molecule has 0 aromatic carbocycles. The highest BCUT2D eigenvalue weighted by Gasteiger charge is 2.22. The molecule has 0 amide bonds. The largest absolute Gasteiger partial charge is 0.394 e. The lowest BCUT2D eigenvalue weighted by Crippen LogP contribution is -2.25. The van der Waals surface area contributed by atoms with E-state index in [0.717, 1.165) is 24.8 Å². The van der Waals surface area contributed by atoms with Gasteiger partial charge < -0.3 is 9.84 Å². The first-order valence-corrected chi connectivity index (χ1v) is 4.72. The topological polar surface area (TPSA) is 29.5 Å². The third-order valence-corrected chi connectivity index (χ3v) is 2.46. The highest BCUT2D eigenvalue weighted by Crippen LogP contribution is 2.28. The van der Waals surface area contributed by atoms with Gasteiger partial charge in [-0.3, -0.25) is 0 Å². The van der Waals surface area contributed by atoms with Crippen LogP contribution in [0.2, 0.25) is 0 Å². The van der Waals surface area contributed by atoms with Crippen molar-refractivity contribution in [3.8, 4) is 0 Å². The molecular weight excluding hydrogens is 176 g/mol. The second-order valence-corrected chi connectivity index (χ2v) is 3.74. The molecule has 0 heterocycles. The monoisotopic (exact) mass is 190 g/mol. The summed E-state index contributed by atoms with van der Waals surface area (Å²) in [5.41, 5.74) is 1.06. The fourth-order valence-electron chi connectivity index (χ4n) is 1.45. The lowest BCUT2D eigenvalue weighted by atomic mass is 9.93. The number of alkyl halides is 1. The van der Waals surface area contributed by atoms with Gasteiger partial charge in [0.05, 0.1) is 19.3 Å². The van der Waals surface area contributed by atoms with Gasteiger partial charge in [-0.25, -0.2) is 0 Å². The molecule has 0 aliphatic heterocycles. The summed E-state index contributed by atoms with van der Waals surface area (Å²) in [6, 6.07) is 0. The summed E-state index contributed by atoms with van der Waals surface area (Å²) in [6.07, 6.45) is 2.88. The lowest BCUT2D eigenvalue weighted by Gasteiger charge is -2.27. The van der Waals surface area contributed by atoms with E-state index in [0.29, 0.717) is 6.61 Å². The molecule has 3 heteroatoms. The maximum absolute atomic E-state index is 8.55. The van der Waals surface area contributed by atoms with E-state index in [-0.39, 0.29) is 18.1 Å². The minimum atomic E-state index is 0.0775. The molecular formula is C9H15ClO2. The van der Waals surface area contributed by atoms with Crippen LogP contribution in [0, 0.1) is 0 Å². The number of ether oxygens (including phenoxy) is 1. The van der Waals surface area contributed by atoms with E-state index < -0.39 is 0 Å². The highest BCUT2D eigenvalue weighted by molar-refractivity contribution is 6.20. The van der Waals surface area contributed by atoms with Gasteiger partial charge >= 0.3 is 0 Å². The SMILES string of the molecule is C=C1CC(Cl)CCC1OCCO. The Morgan fingerprint density at radius 2 is 2.33 bits per heavy atom. The van der Waals surface area contributed by atoms with Crippen LogP contribution in [0.1, 0.15) is 19.3 Å². The van der Waals surface area contributed by atoms with Gasteiger partial charge in [0, 0.05) is 5.38 Å². The molecule has 0 saturated heterocycles. The van der Waals surface area contributed by atoms with Crippen molar-refractivity contribution in [2.45, 2.75) is 30.7 Å². The Bertz CT molecular complexity index is 157. The van der Waals surface area contributed by atoms with Gasteiger partial charge in [-0.1, -0.05) is 6.58 Å². The number of aliphatic hydroxyl groups is 1. The normalized spacial score (nSPS) is 30.7. The molecule has 2 unspecified atom stereocenters. The van der Waals surface area contributed by atoms with Crippen molar-refractivity contribution < 1.29 is 9.84 Å². The summed E-state index contributed by atoms with van der Waals surface area (Å²) in [5, 5.41) is 8.78. The summed E-state index contributed by atoms with van der Waals surface area (Å²) < 4.78 is 5.38. The lowest BCUT2D eigenvalue weighted by molar-refractivity contribution is 0.0363. The minimum absolute atomic E-state index is 0.0775. The Hall–Kier alpha value is -0.0500. The van der Waals surface area contributed by atoms with E-state index in [2.05, 4.69) is 6.58 Å². The van der Waals surface area contributed by atoms with Crippen LogP contribution in [0.25, 0.3) is 0 Å². The fourth-order valence-corrected chi connectivity index (χ4v) is 1.77. The Balaban J connectivity index is 2.30. The van der Waals surface area contributed by atoms with Gasteiger partial charge in [-0.2, -0.15) is 0 Å². The summed E-state index contributed by atoms with van der Waals surface area (Å²) in [7, 11) is 0. The average molecular weight is 191 g/mol. The molecule has 0 aromatic rings. The van der Waals surface area contributed by atoms with Crippen LogP contribution in [0.3, 0.4) is 0 Å². The first kappa shape index (κ1) is 10.0. The van der Waals surface area contributed by atoms with E-state index in [4.69, 9.17) is 21.4 Å². The van der Waals surface area contributed by atoms with E-state index in [9.17, 15) is 0 Å². The predicted octanol–water partition coefficient (Wildman–Crippen LogP) is 1.71. The van der Waals surface area contributed by atoms with Gasteiger partial charge in [-0.15, -0.1) is 11.6 Å². The minimum Gasteiger partial charge on any atom is -0.394 e. The molecule has 0 radical (unpaired) electrons. The first-order valence-electron chi connectivity index (χ1n) is 4.28. The number of hydrogen-bond acceptors (Lipinski definition) is 2. The van der Waals surface area contributed by atoms with Gasteiger partial charge in [0.2, 0.25) is 0 Å². The maximum Gasteiger partial charge on any atom is 0.0784 e. The zero-order valence-corrected chi connectivity index (χ0v) is 7.89. The summed E-state index contributed by atoms with van der Waals surface area (Å²) >= 11 is 5.95. The van der Waals surface area contributed by atoms with Crippen LogP contribution in [-0.2, 0) is 4.74 Å². The van der Waals surface area contributed by atoms with Crippen molar-refractivity contribution in [1.82, 2.24) is 0 Å². The van der Waals surface area contributed by atoms with Crippen LogP contribution in [0.15, 0.2) is 12.2 Å². The van der Waals surface area contributed by atoms with Crippen molar-refractivity contribution in [3.05, 3.63) is 12.2 Å². The summed E-state index contributed by atoms with van der Waals surface area (Å²) in [6.45, 7) is 4.38. The van der Waals surface area contributed by atoms with Crippen molar-refractivity contribution in [2.75, 3.05) is 13.2 Å². The second-order valence-electron chi connectivity index (χ2n) is 3.12. The summed E-state index contributed by atoms with van der Waals surface area (Å²) in [5.74, 6) is 0. The molecule has 2 nitrogen and oxygen atoms in total. The third-order valence-electron chi connectivity index (χ3n) is 2.09. The molecule has 70 valence electrons. The van der Waals surface area contributed by atoms with Crippen molar-refractivity contribution in [1.29, 1.82) is 0 Å². The van der Waals surface area contributed by atoms with E-state index in [1.54, 1.807) is 0 Å². The Labute approximate surface area is 78.2 Å². The average Bonchev–Trinajstić information content (AvgIpc) is 2.03. The molecule has 0 spiro atoms. The maximum atomic E-state index is 8.55. The Kier molecular flexibility index (Phi) is 4.06. The standard InChI is InChI=1S/C9H15ClO2/c1-7-6-8(10)2-3-9(7)12-5-4-11/h8-9,11H,1-6H2. The van der Waals surface area contributed by atoms with E-state index in [1.165, 1.54) is 0 Å². The Morgan fingerprint density at radius 3 is 2.92 bits per heavy atom. The third kappa shape index (κ3) is 2.77. The zero-order chi connectivity index (χ0) is 8.97. The number of halogens is 1. The van der Waals surface area contributed by atoms with Crippen LogP contribution in [0.4, 0.5) is 0 Å². The molecule has 12 heavy (non-hydrogen) atoms. The fraction of sp³-hybridized carbons (Fsp3) is 0.778. The van der Waals surface area contributed by atoms with Crippen molar-refractivity contribution in [2.24, 2.45) is 0 Å². The molecule has 0 aromatic heterocycles. The number of aliphatic hydroxyl groups excluding tert-OH is 1. The van der Waals surface area contributed by atoms with E-state index >= 15 is 0 Å². The van der Waals surface area contributed by atoms with Crippen LogP contribution < -0.4 is 0 Å². The molecule has 1 fully saturated rings. The Morgan fingerprint density at radius 1 is 1.58 bits per heavy atom.